The number of nitrogens with one attached hydrogen (secondary N) is 1. The Labute approximate surface area is 177 Å². The highest BCUT2D eigenvalue weighted by Gasteiger charge is 2.26. The van der Waals surface area contributed by atoms with Crippen LogP contribution in [0.3, 0.4) is 0 Å². The van der Waals surface area contributed by atoms with Crippen LogP contribution < -0.4 is 5.32 Å². The number of hydrogen-bond donors (Lipinski definition) is 1. The molecule has 0 spiro atoms. The van der Waals surface area contributed by atoms with Crippen molar-refractivity contribution in [1.29, 1.82) is 0 Å². The number of carbonyl (C=O) groups excluding carboxylic acids is 1. The first-order valence-electron chi connectivity index (χ1n) is 10.1. The van der Waals surface area contributed by atoms with Crippen molar-refractivity contribution >= 4 is 21.6 Å². The van der Waals surface area contributed by atoms with Crippen LogP contribution in [0.25, 0.3) is 11.1 Å². The van der Waals surface area contributed by atoms with Gasteiger partial charge in [-0.15, -0.1) is 0 Å². The van der Waals surface area contributed by atoms with Gasteiger partial charge in [0.2, 0.25) is 10.0 Å². The number of sulfonamides is 1. The molecule has 4 rings (SSSR count). The third-order valence-corrected chi connectivity index (χ3v) is 7.19. The molecule has 5 nitrogen and oxygen atoms in total. The van der Waals surface area contributed by atoms with Gasteiger partial charge in [-0.2, -0.15) is 4.31 Å². The molecule has 0 aliphatic carbocycles. The molecule has 1 aliphatic heterocycles. The molecule has 30 heavy (non-hydrogen) atoms. The standard InChI is InChI=1S/C24H24N2O3S/c27-24(25-22-14-12-20(13-15-22)19-8-3-1-4-9-19)21-10-7-11-23(18-21)30(28,29)26-16-5-2-6-17-26/h1,3-4,7-15,18H,2,5-6,16-17H2,(H,25,27). The van der Waals surface area contributed by atoms with Crippen LogP contribution in [0.2, 0.25) is 0 Å². The summed E-state index contributed by atoms with van der Waals surface area (Å²) in [6.45, 7) is 1.07. The Kier molecular flexibility index (Phi) is 5.97. The highest BCUT2D eigenvalue weighted by atomic mass is 32.2. The molecule has 3 aromatic rings. The second-order valence-electron chi connectivity index (χ2n) is 7.39. The Morgan fingerprint density at radius 1 is 0.767 bits per heavy atom. The van der Waals surface area contributed by atoms with Crippen molar-refractivity contribution in [2.45, 2.75) is 24.2 Å². The summed E-state index contributed by atoms with van der Waals surface area (Å²) in [6, 6.07) is 23.8. The number of nitrogens with zero attached hydrogens (tertiary/aromatic N) is 1. The van der Waals surface area contributed by atoms with Gasteiger partial charge in [0.05, 0.1) is 4.90 Å². The van der Waals surface area contributed by atoms with E-state index in [1.165, 1.54) is 10.4 Å². The minimum Gasteiger partial charge on any atom is -0.322 e. The second-order valence-corrected chi connectivity index (χ2v) is 9.33. The lowest BCUT2D eigenvalue weighted by molar-refractivity contribution is 0.102. The highest BCUT2D eigenvalue weighted by Crippen LogP contribution is 2.23. The van der Waals surface area contributed by atoms with Crippen molar-refractivity contribution in [2.24, 2.45) is 0 Å². The molecule has 1 saturated heterocycles. The zero-order valence-electron chi connectivity index (χ0n) is 16.6. The summed E-state index contributed by atoms with van der Waals surface area (Å²) >= 11 is 0. The average molecular weight is 421 g/mol. The number of rotatable bonds is 5. The summed E-state index contributed by atoms with van der Waals surface area (Å²) < 4.78 is 27.3. The molecule has 3 aromatic carbocycles. The summed E-state index contributed by atoms with van der Waals surface area (Å²) in [5, 5.41) is 2.85. The van der Waals surface area contributed by atoms with Crippen molar-refractivity contribution in [1.82, 2.24) is 4.31 Å². The summed E-state index contributed by atoms with van der Waals surface area (Å²) in [4.78, 5) is 12.9. The van der Waals surface area contributed by atoms with Gasteiger partial charge in [-0.25, -0.2) is 8.42 Å². The third-order valence-electron chi connectivity index (χ3n) is 5.30. The zero-order chi connectivity index (χ0) is 21.0. The molecule has 154 valence electrons. The molecule has 1 aliphatic rings. The number of amides is 1. The van der Waals surface area contributed by atoms with Crippen LogP contribution in [0.4, 0.5) is 5.69 Å². The molecule has 0 saturated carbocycles. The van der Waals surface area contributed by atoms with E-state index in [0.717, 1.165) is 30.4 Å². The molecular formula is C24H24N2O3S. The summed E-state index contributed by atoms with van der Waals surface area (Å²) in [5.74, 6) is -0.335. The fourth-order valence-electron chi connectivity index (χ4n) is 3.63. The van der Waals surface area contributed by atoms with Crippen LogP contribution in [0, 0.1) is 0 Å². The van der Waals surface area contributed by atoms with Crippen LogP contribution in [-0.4, -0.2) is 31.7 Å². The average Bonchev–Trinajstić information content (AvgIpc) is 2.81. The fourth-order valence-corrected chi connectivity index (χ4v) is 5.20. The lowest BCUT2D eigenvalue weighted by Gasteiger charge is -2.26. The van der Waals surface area contributed by atoms with Crippen molar-refractivity contribution in [3.8, 4) is 11.1 Å². The molecule has 0 aromatic heterocycles. The molecule has 6 heteroatoms. The first kappa shape index (κ1) is 20.3. The summed E-state index contributed by atoms with van der Waals surface area (Å²) in [6.07, 6.45) is 2.80. The van der Waals surface area contributed by atoms with Gasteiger partial charge in [-0.05, 0) is 54.3 Å². The van der Waals surface area contributed by atoms with Gasteiger partial charge in [-0.1, -0.05) is 55.0 Å². The van der Waals surface area contributed by atoms with Crippen molar-refractivity contribution in [3.63, 3.8) is 0 Å². The Balaban J connectivity index is 1.49. The van der Waals surface area contributed by atoms with E-state index in [1.54, 1.807) is 18.2 Å². The van der Waals surface area contributed by atoms with Gasteiger partial charge >= 0.3 is 0 Å². The first-order valence-corrected chi connectivity index (χ1v) is 11.6. The Morgan fingerprint density at radius 3 is 2.13 bits per heavy atom. The monoisotopic (exact) mass is 420 g/mol. The van der Waals surface area contributed by atoms with Crippen molar-refractivity contribution < 1.29 is 13.2 Å². The Hall–Kier alpha value is -2.96. The number of piperidine rings is 1. The normalized spacial score (nSPS) is 14.9. The largest absolute Gasteiger partial charge is 0.322 e. The van der Waals surface area contributed by atoms with E-state index >= 15 is 0 Å². The summed E-state index contributed by atoms with van der Waals surface area (Å²) in [5.41, 5.74) is 3.14. The molecule has 1 amide bonds. The van der Waals surface area contributed by atoms with Crippen LogP contribution >= 0.6 is 0 Å². The molecule has 1 fully saturated rings. The zero-order valence-corrected chi connectivity index (χ0v) is 17.4. The van der Waals surface area contributed by atoms with Gasteiger partial charge in [0.25, 0.3) is 5.91 Å². The lowest BCUT2D eigenvalue weighted by Crippen LogP contribution is -2.35. The smallest absolute Gasteiger partial charge is 0.255 e. The molecule has 1 heterocycles. The van der Waals surface area contributed by atoms with E-state index in [9.17, 15) is 13.2 Å². The predicted molar refractivity (Wildman–Crippen MR) is 119 cm³/mol. The number of hydrogen-bond acceptors (Lipinski definition) is 3. The maximum absolute atomic E-state index is 12.9. The maximum Gasteiger partial charge on any atom is 0.255 e. The van der Waals surface area contributed by atoms with E-state index in [0.29, 0.717) is 24.3 Å². The minimum absolute atomic E-state index is 0.163. The van der Waals surface area contributed by atoms with E-state index < -0.39 is 10.0 Å². The van der Waals surface area contributed by atoms with Gasteiger partial charge in [0.15, 0.2) is 0 Å². The van der Waals surface area contributed by atoms with Gasteiger partial charge < -0.3 is 5.32 Å². The maximum atomic E-state index is 12.9. The molecule has 1 N–H and O–H groups in total. The molecular weight excluding hydrogens is 396 g/mol. The van der Waals surface area contributed by atoms with Crippen LogP contribution in [-0.2, 0) is 10.0 Å². The Morgan fingerprint density at radius 2 is 1.43 bits per heavy atom. The second kappa shape index (κ2) is 8.81. The van der Waals surface area contributed by atoms with E-state index in [1.807, 2.05) is 54.6 Å². The highest BCUT2D eigenvalue weighted by molar-refractivity contribution is 7.89. The minimum atomic E-state index is -3.57. The van der Waals surface area contributed by atoms with Crippen LogP contribution in [0.1, 0.15) is 29.6 Å². The SMILES string of the molecule is O=C(Nc1ccc(-c2ccccc2)cc1)c1cccc(S(=O)(=O)N2CCCCC2)c1. The van der Waals surface area contributed by atoms with E-state index in [4.69, 9.17) is 0 Å². The van der Waals surface area contributed by atoms with Crippen LogP contribution in [0.15, 0.2) is 83.8 Å². The quantitative estimate of drug-likeness (QED) is 0.646. The van der Waals surface area contributed by atoms with Crippen molar-refractivity contribution in [2.75, 3.05) is 18.4 Å². The van der Waals surface area contributed by atoms with E-state index in [-0.39, 0.29) is 10.8 Å². The van der Waals surface area contributed by atoms with Gasteiger partial charge in [0, 0.05) is 24.3 Å². The topological polar surface area (TPSA) is 66.5 Å². The van der Waals surface area contributed by atoms with Crippen LogP contribution in [0.5, 0.6) is 0 Å². The predicted octanol–water partition coefficient (Wildman–Crippen LogP) is 4.78. The van der Waals surface area contributed by atoms with Gasteiger partial charge in [-0.3, -0.25) is 4.79 Å². The first-order chi connectivity index (χ1) is 14.5. The van der Waals surface area contributed by atoms with Gasteiger partial charge in [0.1, 0.15) is 0 Å². The molecule has 0 unspecified atom stereocenters. The molecule has 0 radical (unpaired) electrons. The lowest BCUT2D eigenvalue weighted by atomic mass is 10.1. The molecule has 0 atom stereocenters. The Bertz CT molecular complexity index is 1120. The van der Waals surface area contributed by atoms with Crippen molar-refractivity contribution in [3.05, 3.63) is 84.4 Å². The number of anilines is 1. The summed E-state index contributed by atoms with van der Waals surface area (Å²) in [7, 11) is -3.57. The molecule has 0 bridgehead atoms. The number of benzene rings is 3. The van der Waals surface area contributed by atoms with E-state index in [2.05, 4.69) is 5.32 Å². The fraction of sp³-hybridized carbons (Fsp3) is 0.208. The number of carbonyl (C=O) groups is 1. The third kappa shape index (κ3) is 4.45.